The lowest BCUT2D eigenvalue weighted by molar-refractivity contribution is 0.669. The van der Waals surface area contributed by atoms with Gasteiger partial charge >= 0.3 is 0 Å². The molecule has 0 aliphatic heterocycles. The number of benzene rings is 8. The first kappa shape index (κ1) is 31.6. The summed E-state index contributed by atoms with van der Waals surface area (Å²) in [4.78, 5) is 15.1. The minimum Gasteiger partial charge on any atom is -0.456 e. The van der Waals surface area contributed by atoms with E-state index >= 15 is 0 Å². The van der Waals surface area contributed by atoms with Crippen LogP contribution in [0.3, 0.4) is 0 Å². The van der Waals surface area contributed by atoms with Crippen molar-refractivity contribution >= 4 is 32.7 Å². The van der Waals surface area contributed by atoms with Gasteiger partial charge in [0.15, 0.2) is 17.5 Å². The zero-order valence-corrected chi connectivity index (χ0v) is 29.6. The van der Waals surface area contributed by atoms with E-state index in [1.807, 2.05) is 42.5 Å². The molecule has 0 N–H and O–H groups in total. The normalized spacial score (nSPS) is 11.4. The molecule has 0 spiro atoms. The van der Waals surface area contributed by atoms with Crippen molar-refractivity contribution in [1.29, 1.82) is 0 Å². The first-order chi connectivity index (χ1) is 26.6. The van der Waals surface area contributed by atoms with Crippen molar-refractivity contribution in [3.05, 3.63) is 188 Å². The first-order valence-electron chi connectivity index (χ1n) is 18.2. The highest BCUT2D eigenvalue weighted by Gasteiger charge is 2.17. The predicted molar refractivity (Wildman–Crippen MR) is 222 cm³/mol. The van der Waals surface area contributed by atoms with E-state index in [9.17, 15) is 0 Å². The summed E-state index contributed by atoms with van der Waals surface area (Å²) in [6, 6.07) is 63.4. The lowest BCUT2D eigenvalue weighted by atomic mass is 9.95. The number of furan rings is 1. The highest BCUT2D eigenvalue weighted by atomic mass is 16.3. The van der Waals surface area contributed by atoms with Crippen LogP contribution >= 0.6 is 0 Å². The number of hydrogen-bond acceptors (Lipinski definition) is 4. The number of aryl methyl sites for hydroxylation is 1. The average molecular weight is 692 g/mol. The Kier molecular flexibility index (Phi) is 7.66. The second-order valence-corrected chi connectivity index (χ2v) is 13.7. The molecule has 0 radical (unpaired) electrons. The van der Waals surface area contributed by atoms with E-state index < -0.39 is 0 Å². The molecule has 254 valence electrons. The van der Waals surface area contributed by atoms with E-state index in [2.05, 4.69) is 146 Å². The molecule has 2 heterocycles. The Hall–Kier alpha value is -7.17. The van der Waals surface area contributed by atoms with Crippen molar-refractivity contribution in [2.75, 3.05) is 0 Å². The van der Waals surface area contributed by atoms with Crippen molar-refractivity contribution in [3.63, 3.8) is 0 Å². The molecule has 54 heavy (non-hydrogen) atoms. The van der Waals surface area contributed by atoms with Gasteiger partial charge in [-0.2, -0.15) is 0 Å². The molecule has 4 heteroatoms. The Labute approximate surface area is 313 Å². The lowest BCUT2D eigenvalue weighted by Gasteiger charge is -2.11. The molecule has 2 aromatic heterocycles. The zero-order chi connectivity index (χ0) is 36.0. The van der Waals surface area contributed by atoms with Crippen LogP contribution in [-0.4, -0.2) is 15.0 Å². The summed E-state index contributed by atoms with van der Waals surface area (Å²) >= 11 is 0. The number of fused-ring (bicyclic) bond motifs is 4. The summed E-state index contributed by atoms with van der Waals surface area (Å²) in [7, 11) is 0. The first-order valence-corrected chi connectivity index (χ1v) is 18.2. The molecule has 0 atom stereocenters. The molecule has 0 bridgehead atoms. The number of rotatable bonds is 6. The van der Waals surface area contributed by atoms with Crippen LogP contribution in [0.5, 0.6) is 0 Å². The van der Waals surface area contributed by atoms with Crippen molar-refractivity contribution in [1.82, 2.24) is 15.0 Å². The van der Waals surface area contributed by atoms with Gasteiger partial charge in [-0.3, -0.25) is 0 Å². The maximum Gasteiger partial charge on any atom is 0.164 e. The molecule has 4 nitrogen and oxygen atoms in total. The summed E-state index contributed by atoms with van der Waals surface area (Å²) in [6.45, 7) is 2.17. The molecular weight excluding hydrogens is 659 g/mol. The minimum absolute atomic E-state index is 0.589. The third kappa shape index (κ3) is 5.71. The second-order valence-electron chi connectivity index (χ2n) is 13.7. The molecule has 8 aromatic carbocycles. The highest BCUT2D eigenvalue weighted by molar-refractivity contribution is 6.13. The van der Waals surface area contributed by atoms with Gasteiger partial charge < -0.3 is 4.42 Å². The third-order valence-corrected chi connectivity index (χ3v) is 10.3. The molecule has 0 fully saturated rings. The monoisotopic (exact) mass is 691 g/mol. The molecule has 0 saturated carbocycles. The maximum absolute atomic E-state index is 6.54. The van der Waals surface area contributed by atoms with E-state index in [4.69, 9.17) is 19.4 Å². The molecular formula is C50H33N3O. The van der Waals surface area contributed by atoms with Crippen molar-refractivity contribution in [2.24, 2.45) is 0 Å². The summed E-state index contributed by atoms with van der Waals surface area (Å²) in [5.74, 6) is 1.83. The van der Waals surface area contributed by atoms with Gasteiger partial charge in [0.1, 0.15) is 11.2 Å². The maximum atomic E-state index is 6.54. The van der Waals surface area contributed by atoms with Gasteiger partial charge in [-0.1, -0.05) is 152 Å². The summed E-state index contributed by atoms with van der Waals surface area (Å²) < 4.78 is 6.54. The standard InChI is InChI=1S/C50H33N3O/c1-32-28-37-16-8-9-17-39(37)30-44(32)34-22-24-36(25-23-34)49-51-48(35-14-6-3-7-15-35)52-50(53-49)41-26-27-43-46(31-41)54-45-21-11-20-42(47(43)45)40-19-10-18-38(29-40)33-12-4-2-5-13-33/h2-31H,1H3. The van der Waals surface area contributed by atoms with Gasteiger partial charge in [-0.25, -0.2) is 15.0 Å². The van der Waals surface area contributed by atoms with E-state index in [-0.39, 0.29) is 0 Å². The van der Waals surface area contributed by atoms with Crippen LogP contribution in [0.4, 0.5) is 0 Å². The fraction of sp³-hybridized carbons (Fsp3) is 0.0200. The van der Waals surface area contributed by atoms with Gasteiger partial charge in [0.05, 0.1) is 0 Å². The fourth-order valence-electron chi connectivity index (χ4n) is 7.52. The molecule has 0 saturated heterocycles. The van der Waals surface area contributed by atoms with Crippen LogP contribution in [0.2, 0.25) is 0 Å². The second kappa shape index (κ2) is 13.1. The number of hydrogen-bond donors (Lipinski definition) is 0. The van der Waals surface area contributed by atoms with Crippen LogP contribution in [0.1, 0.15) is 5.56 Å². The van der Waals surface area contributed by atoms with Crippen LogP contribution in [-0.2, 0) is 0 Å². The van der Waals surface area contributed by atoms with Crippen molar-refractivity contribution in [2.45, 2.75) is 6.92 Å². The Morgan fingerprint density at radius 2 is 0.907 bits per heavy atom. The Bertz CT molecular complexity index is 2990. The van der Waals surface area contributed by atoms with Crippen LogP contribution < -0.4 is 0 Å². The third-order valence-electron chi connectivity index (χ3n) is 10.3. The molecule has 0 amide bonds. The van der Waals surface area contributed by atoms with E-state index in [0.717, 1.165) is 55.3 Å². The van der Waals surface area contributed by atoms with Crippen molar-refractivity contribution in [3.8, 4) is 67.5 Å². The Morgan fingerprint density at radius 1 is 0.352 bits per heavy atom. The van der Waals surface area contributed by atoms with Crippen LogP contribution in [0.25, 0.3) is 100 Å². The van der Waals surface area contributed by atoms with Gasteiger partial charge in [0.2, 0.25) is 0 Å². The number of nitrogens with zero attached hydrogens (tertiary/aromatic N) is 3. The SMILES string of the molecule is Cc1cc2ccccc2cc1-c1ccc(-c2nc(-c3ccccc3)nc(-c3ccc4c(c3)oc3cccc(-c5cccc(-c6ccccc6)c5)c34)n2)cc1. The van der Waals surface area contributed by atoms with Gasteiger partial charge in [0.25, 0.3) is 0 Å². The van der Waals surface area contributed by atoms with Crippen LogP contribution in [0.15, 0.2) is 186 Å². The average Bonchev–Trinajstić information content (AvgIpc) is 3.62. The topological polar surface area (TPSA) is 51.8 Å². The predicted octanol–water partition coefficient (Wildman–Crippen LogP) is 13.2. The van der Waals surface area contributed by atoms with E-state index in [1.165, 1.54) is 33.0 Å². The Balaban J connectivity index is 1.06. The van der Waals surface area contributed by atoms with E-state index in [0.29, 0.717) is 17.5 Å². The summed E-state index contributed by atoms with van der Waals surface area (Å²) in [5, 5.41) is 4.61. The summed E-state index contributed by atoms with van der Waals surface area (Å²) in [6.07, 6.45) is 0. The zero-order valence-electron chi connectivity index (χ0n) is 29.6. The smallest absolute Gasteiger partial charge is 0.164 e. The molecule has 10 rings (SSSR count). The molecule has 0 aliphatic rings. The van der Waals surface area contributed by atoms with Gasteiger partial charge in [-0.15, -0.1) is 0 Å². The summed E-state index contributed by atoms with van der Waals surface area (Å²) in [5.41, 5.74) is 12.6. The minimum atomic E-state index is 0.589. The molecule has 10 aromatic rings. The lowest BCUT2D eigenvalue weighted by Crippen LogP contribution is -2.00. The number of aromatic nitrogens is 3. The molecule has 0 unspecified atom stereocenters. The Morgan fingerprint density at radius 3 is 1.65 bits per heavy atom. The van der Waals surface area contributed by atoms with Crippen LogP contribution in [0, 0.1) is 6.92 Å². The largest absolute Gasteiger partial charge is 0.456 e. The van der Waals surface area contributed by atoms with Gasteiger partial charge in [-0.05, 0) is 87.0 Å². The van der Waals surface area contributed by atoms with E-state index in [1.54, 1.807) is 0 Å². The quantitative estimate of drug-likeness (QED) is 0.174. The van der Waals surface area contributed by atoms with Gasteiger partial charge in [0, 0.05) is 27.5 Å². The molecule has 0 aliphatic carbocycles. The highest BCUT2D eigenvalue weighted by Crippen LogP contribution is 2.39. The fourth-order valence-corrected chi connectivity index (χ4v) is 7.52. The van der Waals surface area contributed by atoms with Crippen molar-refractivity contribution < 1.29 is 4.42 Å².